The van der Waals surface area contributed by atoms with E-state index in [-0.39, 0.29) is 0 Å². The van der Waals surface area contributed by atoms with Crippen molar-refractivity contribution in [3.8, 4) is 0 Å². The summed E-state index contributed by atoms with van der Waals surface area (Å²) in [6.07, 6.45) is 0. The zero-order valence-electron chi connectivity index (χ0n) is 12.7. The van der Waals surface area contributed by atoms with Crippen molar-refractivity contribution >= 4 is 23.0 Å². The molecule has 3 aromatic carbocycles. The van der Waals surface area contributed by atoms with Gasteiger partial charge in [-0.05, 0) is 0 Å². The first-order valence-corrected chi connectivity index (χ1v) is 9.96. The predicted octanol–water partition coefficient (Wildman–Crippen LogP) is 3.41. The van der Waals surface area contributed by atoms with Crippen LogP contribution in [0, 0.1) is 0 Å². The molecule has 0 N–H and O–H groups in total. The molecule has 0 amide bonds. The first kappa shape index (κ1) is 13.4. The van der Waals surface area contributed by atoms with Gasteiger partial charge in [-0.2, -0.15) is 0 Å². The quantitative estimate of drug-likeness (QED) is 0.640. The summed E-state index contributed by atoms with van der Waals surface area (Å²) in [5, 5.41) is 3.62. The van der Waals surface area contributed by atoms with Gasteiger partial charge in [0, 0.05) is 0 Å². The van der Waals surface area contributed by atoms with Gasteiger partial charge in [0.05, 0.1) is 0 Å². The number of benzene rings is 3. The molecule has 0 aromatic heterocycles. The van der Waals surface area contributed by atoms with Gasteiger partial charge in [0.2, 0.25) is 0 Å². The van der Waals surface area contributed by atoms with Crippen LogP contribution in [0.25, 0.3) is 0 Å². The van der Waals surface area contributed by atoms with Gasteiger partial charge in [-0.15, -0.1) is 0 Å². The molecule has 0 saturated heterocycles. The van der Waals surface area contributed by atoms with E-state index >= 15 is 0 Å². The number of hydrogen-bond acceptors (Lipinski definition) is 2. The van der Waals surface area contributed by atoms with Gasteiger partial charge in [0.1, 0.15) is 0 Å². The van der Waals surface area contributed by atoms with Crippen LogP contribution in [0.3, 0.4) is 0 Å². The first-order chi connectivity index (χ1) is 11.3. The monoisotopic (exact) mass is 320 g/mol. The third-order valence-electron chi connectivity index (χ3n) is 5.02. The van der Waals surface area contributed by atoms with Gasteiger partial charge in [-0.1, -0.05) is 0 Å². The molecule has 2 aliphatic heterocycles. The van der Waals surface area contributed by atoms with Crippen molar-refractivity contribution in [2.24, 2.45) is 0 Å². The first-order valence-electron chi connectivity index (χ1n) is 7.89. The van der Waals surface area contributed by atoms with Crippen LogP contribution in [0.4, 0.5) is 0 Å². The molecule has 3 heteroatoms. The van der Waals surface area contributed by atoms with Gasteiger partial charge >= 0.3 is 135 Å². The van der Waals surface area contributed by atoms with Crippen LogP contribution in [0.2, 0.25) is 0 Å². The minimum absolute atomic E-state index is 0.608. The van der Waals surface area contributed by atoms with Crippen LogP contribution >= 0.6 is 7.06 Å². The van der Waals surface area contributed by atoms with E-state index in [1.807, 2.05) is 6.07 Å². The molecule has 0 aliphatic carbocycles. The van der Waals surface area contributed by atoms with E-state index in [4.69, 9.17) is 9.05 Å². The molecule has 0 radical (unpaired) electrons. The second-order valence-electron chi connectivity index (χ2n) is 6.10. The molecule has 0 bridgehead atoms. The Hall–Kier alpha value is -1.99. The summed E-state index contributed by atoms with van der Waals surface area (Å²) >= 11 is 0. The molecule has 0 saturated carbocycles. The van der Waals surface area contributed by atoms with Crippen LogP contribution < -0.4 is 15.9 Å². The molecule has 2 aliphatic rings. The average molecular weight is 320 g/mol. The fourth-order valence-corrected chi connectivity index (χ4v) is 9.28. The summed E-state index contributed by atoms with van der Waals surface area (Å²) in [5.41, 5.74) is 2.48. The van der Waals surface area contributed by atoms with Crippen LogP contribution in [0.15, 0.2) is 78.9 Å². The maximum absolute atomic E-state index is 6.68. The number of rotatable bonds is 1. The Morgan fingerprint density at radius 1 is 0.565 bits per heavy atom. The molecule has 0 atom stereocenters. The Morgan fingerprint density at radius 2 is 1.04 bits per heavy atom. The fourth-order valence-electron chi connectivity index (χ4n) is 4.01. The Balaban J connectivity index is 1.96. The average Bonchev–Trinajstić information content (AvgIpc) is 3.17. The predicted molar refractivity (Wildman–Crippen MR) is 94.7 cm³/mol. The number of fused-ring (bicyclic) bond motifs is 4. The van der Waals surface area contributed by atoms with E-state index in [0.29, 0.717) is 13.2 Å². The summed E-state index contributed by atoms with van der Waals surface area (Å²) in [7, 11) is -3.24. The van der Waals surface area contributed by atoms with E-state index in [0.717, 1.165) is 5.30 Å². The molecule has 0 unspecified atom stereocenters. The summed E-state index contributed by atoms with van der Waals surface area (Å²) < 4.78 is 13.4. The fraction of sp³-hybridized carbons (Fsp3) is 0.100. The summed E-state index contributed by atoms with van der Waals surface area (Å²) in [5.74, 6) is 0. The van der Waals surface area contributed by atoms with E-state index in [1.54, 1.807) is 0 Å². The Kier molecular flexibility index (Phi) is 2.64. The normalized spacial score (nSPS) is 21.3. The molecule has 0 fully saturated rings. The zero-order chi connectivity index (χ0) is 15.4. The van der Waals surface area contributed by atoms with Gasteiger partial charge in [0.25, 0.3) is 0 Å². The number of hydrogen-bond donors (Lipinski definition) is 0. The topological polar surface area (TPSA) is 18.5 Å². The molecular formula is C20H17O2P. The maximum atomic E-state index is 6.68. The van der Waals surface area contributed by atoms with Gasteiger partial charge < -0.3 is 0 Å². The molecule has 2 nitrogen and oxygen atoms in total. The Morgan fingerprint density at radius 3 is 1.61 bits per heavy atom. The zero-order valence-corrected chi connectivity index (χ0v) is 13.6. The van der Waals surface area contributed by atoms with E-state index in [2.05, 4.69) is 72.8 Å². The minimum atomic E-state index is -3.24. The van der Waals surface area contributed by atoms with Crippen LogP contribution in [0.5, 0.6) is 0 Å². The molecule has 1 spiro atoms. The second-order valence-corrected chi connectivity index (χ2v) is 10.0. The van der Waals surface area contributed by atoms with Crippen molar-refractivity contribution in [1.82, 2.24) is 0 Å². The van der Waals surface area contributed by atoms with Crippen molar-refractivity contribution in [2.45, 2.75) is 13.2 Å². The van der Waals surface area contributed by atoms with Crippen LogP contribution in [0.1, 0.15) is 11.1 Å². The van der Waals surface area contributed by atoms with E-state index in [9.17, 15) is 0 Å². The van der Waals surface area contributed by atoms with Crippen molar-refractivity contribution in [2.75, 3.05) is 0 Å². The van der Waals surface area contributed by atoms with Gasteiger partial charge in [-0.25, -0.2) is 0 Å². The molecule has 114 valence electrons. The Bertz CT molecular complexity index is 849. The molecule has 5 rings (SSSR count). The summed E-state index contributed by atoms with van der Waals surface area (Å²) in [6, 6.07) is 27.5. The Labute approximate surface area is 135 Å². The molecular weight excluding hydrogens is 303 g/mol. The summed E-state index contributed by atoms with van der Waals surface area (Å²) in [4.78, 5) is 0. The SMILES string of the molecule is c1ccc(P23(OCc4ccccc42)OCc2ccccc23)cc1. The van der Waals surface area contributed by atoms with E-state index in [1.165, 1.54) is 21.7 Å². The third kappa shape index (κ3) is 1.49. The van der Waals surface area contributed by atoms with Crippen LogP contribution in [-0.4, -0.2) is 0 Å². The van der Waals surface area contributed by atoms with E-state index < -0.39 is 7.06 Å². The molecule has 3 aromatic rings. The van der Waals surface area contributed by atoms with Crippen molar-refractivity contribution in [3.63, 3.8) is 0 Å². The molecule has 2 heterocycles. The van der Waals surface area contributed by atoms with Crippen LogP contribution in [-0.2, 0) is 22.3 Å². The van der Waals surface area contributed by atoms with Gasteiger partial charge in [-0.3, -0.25) is 0 Å². The van der Waals surface area contributed by atoms with Crippen molar-refractivity contribution in [3.05, 3.63) is 90.0 Å². The van der Waals surface area contributed by atoms with Gasteiger partial charge in [0.15, 0.2) is 0 Å². The summed E-state index contributed by atoms with van der Waals surface area (Å²) in [6.45, 7) is 1.22. The standard InChI is InChI=1S/C20H17O2P/c1-2-10-18(11-3-1)23(19-12-6-4-8-16(19)14-21-23)20-13-7-5-9-17(20)15-22-23/h1-13H,14-15H2. The van der Waals surface area contributed by atoms with Crippen molar-refractivity contribution in [1.29, 1.82) is 0 Å². The molecule has 23 heavy (non-hydrogen) atoms. The second kappa shape index (κ2) is 4.52. The third-order valence-corrected chi connectivity index (χ3v) is 10.1. The van der Waals surface area contributed by atoms with Crippen molar-refractivity contribution < 1.29 is 9.05 Å².